The van der Waals surface area contributed by atoms with E-state index >= 15 is 0 Å². The first-order valence-electron chi connectivity index (χ1n) is 9.15. The summed E-state index contributed by atoms with van der Waals surface area (Å²) in [5, 5.41) is 2.64. The summed E-state index contributed by atoms with van der Waals surface area (Å²) in [5.41, 5.74) is 1.38. The van der Waals surface area contributed by atoms with Crippen LogP contribution in [0.1, 0.15) is 11.1 Å². The zero-order chi connectivity index (χ0) is 21.6. The first-order valence-corrected chi connectivity index (χ1v) is 10.6. The lowest BCUT2D eigenvalue weighted by Crippen LogP contribution is -2.40. The summed E-state index contributed by atoms with van der Waals surface area (Å²) < 4.78 is 53.4. The van der Waals surface area contributed by atoms with Crippen molar-refractivity contribution in [2.75, 3.05) is 6.54 Å². The monoisotopic (exact) mass is 430 g/mol. The first-order chi connectivity index (χ1) is 14.3. The number of amides is 1. The molecule has 3 aromatic rings. The van der Waals surface area contributed by atoms with Crippen molar-refractivity contribution in [1.82, 2.24) is 9.62 Å². The van der Waals surface area contributed by atoms with E-state index in [0.29, 0.717) is 11.1 Å². The average molecular weight is 430 g/mol. The van der Waals surface area contributed by atoms with Crippen LogP contribution in [0, 0.1) is 11.6 Å². The van der Waals surface area contributed by atoms with Crippen LogP contribution in [-0.4, -0.2) is 25.2 Å². The Kier molecular flexibility index (Phi) is 6.91. The molecule has 3 aromatic carbocycles. The van der Waals surface area contributed by atoms with E-state index in [1.165, 1.54) is 36.4 Å². The molecule has 5 nitrogen and oxygen atoms in total. The smallest absolute Gasteiger partial charge is 0.243 e. The molecule has 0 aliphatic rings. The average Bonchev–Trinajstić information content (AvgIpc) is 2.74. The number of carbonyl (C=O) groups is 1. The van der Waals surface area contributed by atoms with E-state index in [-0.39, 0.29) is 23.8 Å². The Balaban J connectivity index is 1.77. The van der Waals surface area contributed by atoms with E-state index in [1.54, 1.807) is 30.3 Å². The number of hydrogen-bond acceptors (Lipinski definition) is 3. The number of sulfonamides is 1. The molecule has 0 saturated heterocycles. The fraction of sp³-hybridized carbons (Fsp3) is 0.136. The number of nitrogens with zero attached hydrogens (tertiary/aromatic N) is 1. The largest absolute Gasteiger partial charge is 0.351 e. The van der Waals surface area contributed by atoms with E-state index in [9.17, 15) is 22.0 Å². The maximum atomic E-state index is 13.2. The van der Waals surface area contributed by atoms with Gasteiger partial charge in [-0.3, -0.25) is 4.79 Å². The van der Waals surface area contributed by atoms with E-state index < -0.39 is 28.3 Å². The van der Waals surface area contributed by atoms with Gasteiger partial charge in [0.05, 0.1) is 11.4 Å². The summed E-state index contributed by atoms with van der Waals surface area (Å²) in [6.45, 7) is -0.310. The van der Waals surface area contributed by atoms with Gasteiger partial charge in [-0.1, -0.05) is 42.5 Å². The molecule has 156 valence electrons. The quantitative estimate of drug-likeness (QED) is 0.595. The van der Waals surface area contributed by atoms with Gasteiger partial charge < -0.3 is 5.32 Å². The van der Waals surface area contributed by atoms with Gasteiger partial charge in [0.2, 0.25) is 15.9 Å². The summed E-state index contributed by atoms with van der Waals surface area (Å²) in [7, 11) is -4.04. The van der Waals surface area contributed by atoms with Gasteiger partial charge in [-0.15, -0.1) is 0 Å². The van der Waals surface area contributed by atoms with Gasteiger partial charge in [0, 0.05) is 13.1 Å². The molecule has 0 saturated carbocycles. The summed E-state index contributed by atoms with van der Waals surface area (Å²) in [4.78, 5) is 12.4. The van der Waals surface area contributed by atoms with Gasteiger partial charge in [0.25, 0.3) is 0 Å². The molecular formula is C22H20F2N2O3S. The molecule has 1 amide bonds. The zero-order valence-corrected chi connectivity index (χ0v) is 16.8. The Labute approximate surface area is 174 Å². The molecule has 0 radical (unpaired) electrons. The highest BCUT2D eigenvalue weighted by Crippen LogP contribution is 2.19. The summed E-state index contributed by atoms with van der Waals surface area (Å²) in [5.74, 6) is -1.45. The molecule has 8 heteroatoms. The highest BCUT2D eigenvalue weighted by molar-refractivity contribution is 7.89. The van der Waals surface area contributed by atoms with Crippen molar-refractivity contribution in [3.8, 4) is 0 Å². The number of carbonyl (C=O) groups excluding carboxylic acids is 1. The van der Waals surface area contributed by atoms with Gasteiger partial charge in [0.1, 0.15) is 11.6 Å². The molecule has 30 heavy (non-hydrogen) atoms. The number of rotatable bonds is 8. The minimum atomic E-state index is -4.04. The zero-order valence-electron chi connectivity index (χ0n) is 16.0. The number of halogens is 2. The molecule has 0 atom stereocenters. The van der Waals surface area contributed by atoms with Crippen LogP contribution < -0.4 is 5.32 Å². The predicted octanol–water partition coefficient (Wildman–Crippen LogP) is 3.47. The van der Waals surface area contributed by atoms with Crippen LogP contribution in [0.3, 0.4) is 0 Å². The number of hydrogen-bond donors (Lipinski definition) is 1. The second kappa shape index (κ2) is 9.60. The third-order valence-corrected chi connectivity index (χ3v) is 6.18. The molecule has 0 heterocycles. The molecule has 3 rings (SSSR count). The Morgan fingerprint density at radius 1 is 0.800 bits per heavy atom. The van der Waals surface area contributed by atoms with Gasteiger partial charge in [-0.25, -0.2) is 17.2 Å². The van der Waals surface area contributed by atoms with Crippen molar-refractivity contribution in [3.63, 3.8) is 0 Å². The second-order valence-corrected chi connectivity index (χ2v) is 8.55. The van der Waals surface area contributed by atoms with Crippen LogP contribution in [-0.2, 0) is 27.9 Å². The van der Waals surface area contributed by atoms with Crippen molar-refractivity contribution < 1.29 is 22.0 Å². The summed E-state index contributed by atoms with van der Waals surface area (Å²) >= 11 is 0. The van der Waals surface area contributed by atoms with Crippen molar-refractivity contribution in [2.45, 2.75) is 18.0 Å². The van der Waals surface area contributed by atoms with E-state index in [1.807, 2.05) is 0 Å². The normalized spacial score (nSPS) is 11.4. The number of nitrogens with one attached hydrogen (secondary N) is 1. The SMILES string of the molecule is O=C(CN(Cc1ccccc1)S(=O)(=O)c1ccc(F)cc1)NCc1ccc(F)cc1. The van der Waals surface area contributed by atoms with Crippen molar-refractivity contribution in [1.29, 1.82) is 0 Å². The van der Waals surface area contributed by atoms with E-state index in [4.69, 9.17) is 0 Å². The molecular weight excluding hydrogens is 410 g/mol. The van der Waals surface area contributed by atoms with Crippen molar-refractivity contribution >= 4 is 15.9 Å². The first kappa shape index (κ1) is 21.6. The maximum Gasteiger partial charge on any atom is 0.243 e. The minimum absolute atomic E-state index is 0.0233. The third kappa shape index (κ3) is 5.71. The van der Waals surface area contributed by atoms with Crippen LogP contribution >= 0.6 is 0 Å². The van der Waals surface area contributed by atoms with Crippen LogP contribution in [0.4, 0.5) is 8.78 Å². The predicted molar refractivity (Wildman–Crippen MR) is 109 cm³/mol. The Morgan fingerprint density at radius 3 is 1.97 bits per heavy atom. The molecule has 0 aliphatic carbocycles. The molecule has 0 bridgehead atoms. The third-order valence-electron chi connectivity index (χ3n) is 4.38. The standard InChI is InChI=1S/C22H20F2N2O3S/c23-19-8-6-17(7-9-19)14-25-22(27)16-26(15-18-4-2-1-3-5-18)30(28,29)21-12-10-20(24)11-13-21/h1-13H,14-16H2,(H,25,27). The Bertz CT molecular complexity index is 1090. The lowest BCUT2D eigenvalue weighted by atomic mass is 10.2. The highest BCUT2D eigenvalue weighted by atomic mass is 32.2. The van der Waals surface area contributed by atoms with Crippen LogP contribution in [0.15, 0.2) is 83.8 Å². The lowest BCUT2D eigenvalue weighted by molar-refractivity contribution is -0.121. The molecule has 0 aromatic heterocycles. The fourth-order valence-corrected chi connectivity index (χ4v) is 4.17. The van der Waals surface area contributed by atoms with E-state index in [2.05, 4.69) is 5.32 Å². The molecule has 0 aliphatic heterocycles. The Hall–Kier alpha value is -3.10. The summed E-state index contributed by atoms with van der Waals surface area (Å²) in [6.07, 6.45) is 0. The summed E-state index contributed by atoms with van der Waals surface area (Å²) in [6, 6.07) is 18.9. The number of benzene rings is 3. The topological polar surface area (TPSA) is 66.5 Å². The molecule has 0 unspecified atom stereocenters. The second-order valence-electron chi connectivity index (χ2n) is 6.62. The van der Waals surface area contributed by atoms with Crippen molar-refractivity contribution in [2.24, 2.45) is 0 Å². The van der Waals surface area contributed by atoms with Gasteiger partial charge in [0.15, 0.2) is 0 Å². The minimum Gasteiger partial charge on any atom is -0.351 e. The van der Waals surface area contributed by atoms with Gasteiger partial charge in [-0.05, 0) is 47.5 Å². The highest BCUT2D eigenvalue weighted by Gasteiger charge is 2.27. The molecule has 0 fully saturated rings. The van der Waals surface area contributed by atoms with Gasteiger partial charge in [-0.2, -0.15) is 4.31 Å². The van der Waals surface area contributed by atoms with Crippen molar-refractivity contribution in [3.05, 3.63) is 102 Å². The van der Waals surface area contributed by atoms with Crippen LogP contribution in [0.5, 0.6) is 0 Å². The van der Waals surface area contributed by atoms with Gasteiger partial charge >= 0.3 is 0 Å². The van der Waals surface area contributed by atoms with E-state index in [0.717, 1.165) is 16.4 Å². The van der Waals surface area contributed by atoms with Crippen LogP contribution in [0.25, 0.3) is 0 Å². The molecule has 0 spiro atoms. The molecule has 1 N–H and O–H groups in total. The Morgan fingerprint density at radius 2 is 1.37 bits per heavy atom. The lowest BCUT2D eigenvalue weighted by Gasteiger charge is -2.22. The fourth-order valence-electron chi connectivity index (χ4n) is 2.79. The maximum absolute atomic E-state index is 13.2. The van der Waals surface area contributed by atoms with Crippen LogP contribution in [0.2, 0.25) is 0 Å².